The van der Waals surface area contributed by atoms with Gasteiger partial charge < -0.3 is 19.7 Å². The van der Waals surface area contributed by atoms with Gasteiger partial charge in [0, 0.05) is 48.6 Å². The first-order chi connectivity index (χ1) is 20.6. The number of benzene rings is 2. The summed E-state index contributed by atoms with van der Waals surface area (Å²) in [7, 11) is 1.84. The number of nitrogens with one attached hydrogen (secondary N) is 1. The Morgan fingerprint density at radius 1 is 1.02 bits per heavy atom. The van der Waals surface area contributed by atoms with E-state index in [9.17, 15) is 9.18 Å². The van der Waals surface area contributed by atoms with Crippen LogP contribution in [-0.4, -0.2) is 61.0 Å². The fraction of sp³-hybridized carbons (Fsp3) is 0.424. The Kier molecular flexibility index (Phi) is 9.07. The van der Waals surface area contributed by atoms with E-state index in [2.05, 4.69) is 39.8 Å². The van der Waals surface area contributed by atoms with Crippen molar-refractivity contribution in [3.05, 3.63) is 64.8 Å². The van der Waals surface area contributed by atoms with Crippen molar-refractivity contribution < 1.29 is 18.7 Å². The second-order valence-electron chi connectivity index (χ2n) is 11.2. The zero-order chi connectivity index (χ0) is 28.9. The quantitative estimate of drug-likeness (QED) is 0.221. The number of amides is 1. The first-order valence-corrected chi connectivity index (χ1v) is 15.8. The van der Waals surface area contributed by atoms with Crippen molar-refractivity contribution in [1.29, 1.82) is 0 Å². The van der Waals surface area contributed by atoms with Crippen molar-refractivity contribution in [2.24, 2.45) is 5.92 Å². The van der Waals surface area contributed by atoms with Crippen molar-refractivity contribution in [2.45, 2.75) is 45.1 Å². The van der Waals surface area contributed by atoms with Crippen molar-refractivity contribution in [2.75, 3.05) is 40.0 Å². The van der Waals surface area contributed by atoms with Gasteiger partial charge in [0.15, 0.2) is 0 Å². The van der Waals surface area contributed by atoms with Gasteiger partial charge in [0.2, 0.25) is 5.91 Å². The van der Waals surface area contributed by atoms with E-state index in [4.69, 9.17) is 9.47 Å². The highest BCUT2D eigenvalue weighted by Crippen LogP contribution is 2.39. The predicted octanol–water partition coefficient (Wildman–Crippen LogP) is 6.24. The number of thiophene rings is 1. The molecule has 9 heteroatoms. The van der Waals surface area contributed by atoms with Crippen molar-refractivity contribution >= 4 is 27.3 Å². The molecule has 1 aliphatic heterocycles. The SMILES string of the molecule is CN(CCOCCOc1cc(F)ccc1-c1nnc(-c2ccc3c(c2)CCNC3)c2ccsc12)C(=O)C1CCCCC1. The Morgan fingerprint density at radius 3 is 2.76 bits per heavy atom. The van der Waals surface area contributed by atoms with Gasteiger partial charge >= 0.3 is 0 Å². The molecule has 1 fully saturated rings. The van der Waals surface area contributed by atoms with Crippen LogP contribution in [-0.2, 0) is 22.5 Å². The lowest BCUT2D eigenvalue weighted by atomic mass is 9.88. The highest BCUT2D eigenvalue weighted by molar-refractivity contribution is 7.17. The number of nitrogens with zero attached hydrogens (tertiary/aromatic N) is 3. The standard InChI is InChI=1S/C33H37FN4O3S/c1-38(33(39)22-5-3-2-4-6-22)14-15-40-16-17-41-29-20-26(34)9-10-27(29)31-32-28(12-18-42-32)30(36-37-31)24-7-8-25-21-35-13-11-23(25)19-24/h7-10,12,18-20,22,35H,2-6,11,13-17,21H2,1H3. The molecule has 4 aromatic rings. The lowest BCUT2D eigenvalue weighted by Gasteiger charge is -2.26. The predicted molar refractivity (Wildman–Crippen MR) is 164 cm³/mol. The Balaban J connectivity index is 1.11. The lowest BCUT2D eigenvalue weighted by molar-refractivity contribution is -0.135. The number of hydrogen-bond donors (Lipinski definition) is 1. The molecule has 0 unspecified atom stereocenters. The molecule has 6 rings (SSSR count). The van der Waals surface area contributed by atoms with Gasteiger partial charge in [0.25, 0.3) is 0 Å². The molecule has 1 N–H and O–H groups in total. The molecule has 220 valence electrons. The van der Waals surface area contributed by atoms with E-state index in [-0.39, 0.29) is 24.2 Å². The van der Waals surface area contributed by atoms with Gasteiger partial charge in [0.1, 0.15) is 29.6 Å². The van der Waals surface area contributed by atoms with Crippen molar-refractivity contribution in [3.8, 4) is 28.3 Å². The third-order valence-electron chi connectivity index (χ3n) is 8.34. The average Bonchev–Trinajstić information content (AvgIpc) is 3.52. The van der Waals surface area contributed by atoms with E-state index >= 15 is 0 Å². The summed E-state index contributed by atoms with van der Waals surface area (Å²) in [6.45, 7) is 3.42. The summed E-state index contributed by atoms with van der Waals surface area (Å²) in [5.74, 6) is 0.394. The second-order valence-corrected chi connectivity index (χ2v) is 12.1. The smallest absolute Gasteiger partial charge is 0.225 e. The summed E-state index contributed by atoms with van der Waals surface area (Å²) in [5, 5.41) is 15.8. The third-order valence-corrected chi connectivity index (χ3v) is 9.26. The molecule has 1 aliphatic carbocycles. The van der Waals surface area contributed by atoms with E-state index in [1.807, 2.05) is 12.4 Å². The van der Waals surface area contributed by atoms with Crippen LogP contribution in [0.25, 0.3) is 32.6 Å². The number of ether oxygens (including phenoxy) is 2. The maximum Gasteiger partial charge on any atom is 0.225 e. The number of carbonyl (C=O) groups excluding carboxylic acids is 1. The van der Waals surface area contributed by atoms with Gasteiger partial charge in [-0.3, -0.25) is 4.79 Å². The zero-order valence-electron chi connectivity index (χ0n) is 24.0. The van der Waals surface area contributed by atoms with Gasteiger partial charge in [-0.05, 0) is 66.6 Å². The number of rotatable bonds is 10. The first kappa shape index (κ1) is 28.7. The molecule has 1 amide bonds. The Labute approximate surface area is 250 Å². The molecule has 1 saturated carbocycles. The monoisotopic (exact) mass is 588 g/mol. The molecule has 3 heterocycles. The van der Waals surface area contributed by atoms with Crippen LogP contribution in [0.1, 0.15) is 43.2 Å². The van der Waals surface area contributed by atoms with Gasteiger partial charge in [-0.15, -0.1) is 21.5 Å². The normalized spacial score (nSPS) is 15.5. The van der Waals surface area contributed by atoms with Crippen LogP contribution in [0.2, 0.25) is 0 Å². The lowest BCUT2D eigenvalue weighted by Crippen LogP contribution is -2.36. The van der Waals surface area contributed by atoms with Gasteiger partial charge in [-0.2, -0.15) is 0 Å². The number of aromatic nitrogens is 2. The van der Waals surface area contributed by atoms with Gasteiger partial charge in [-0.1, -0.05) is 31.4 Å². The number of fused-ring (bicyclic) bond motifs is 2. The molecular weight excluding hydrogens is 551 g/mol. The Morgan fingerprint density at radius 2 is 1.88 bits per heavy atom. The molecule has 0 bridgehead atoms. The molecular formula is C33H37FN4O3S. The first-order valence-electron chi connectivity index (χ1n) is 14.9. The van der Waals surface area contributed by atoms with Crippen LogP contribution in [0.3, 0.4) is 0 Å². The summed E-state index contributed by atoms with van der Waals surface area (Å²) in [6, 6.07) is 13.1. The largest absolute Gasteiger partial charge is 0.490 e. The van der Waals surface area contributed by atoms with Gasteiger partial charge in [0.05, 0.1) is 17.9 Å². The molecule has 2 aromatic carbocycles. The van der Waals surface area contributed by atoms with Crippen LogP contribution in [0.4, 0.5) is 4.39 Å². The van der Waals surface area contributed by atoms with Crippen LogP contribution >= 0.6 is 11.3 Å². The van der Waals surface area contributed by atoms with Crippen molar-refractivity contribution in [1.82, 2.24) is 20.4 Å². The van der Waals surface area contributed by atoms with Crippen LogP contribution in [0, 0.1) is 11.7 Å². The molecule has 0 atom stereocenters. The van der Waals surface area contributed by atoms with E-state index in [1.165, 1.54) is 29.7 Å². The maximum absolute atomic E-state index is 14.3. The Bertz CT molecular complexity index is 1550. The number of hydrogen-bond acceptors (Lipinski definition) is 7. The molecule has 2 aliphatic rings. The highest BCUT2D eigenvalue weighted by Gasteiger charge is 2.24. The fourth-order valence-corrected chi connectivity index (χ4v) is 6.88. The molecule has 42 heavy (non-hydrogen) atoms. The zero-order valence-corrected chi connectivity index (χ0v) is 24.9. The highest BCUT2D eigenvalue weighted by atomic mass is 32.1. The van der Waals surface area contributed by atoms with Crippen molar-refractivity contribution in [3.63, 3.8) is 0 Å². The van der Waals surface area contributed by atoms with Gasteiger partial charge in [-0.25, -0.2) is 4.39 Å². The van der Waals surface area contributed by atoms with E-state index in [0.717, 1.165) is 66.5 Å². The van der Waals surface area contributed by atoms with E-state index in [1.54, 1.807) is 22.3 Å². The molecule has 0 radical (unpaired) electrons. The molecule has 0 saturated heterocycles. The number of halogens is 1. The number of likely N-dealkylation sites (N-methyl/N-ethyl adjacent to an activating group) is 1. The summed E-state index contributed by atoms with van der Waals surface area (Å²) >= 11 is 1.59. The summed E-state index contributed by atoms with van der Waals surface area (Å²) in [4.78, 5) is 14.4. The summed E-state index contributed by atoms with van der Waals surface area (Å²) in [6.07, 6.45) is 6.49. The van der Waals surface area contributed by atoms with Crippen LogP contribution in [0.15, 0.2) is 47.8 Å². The Hall–Kier alpha value is -3.40. The fourth-order valence-electron chi connectivity index (χ4n) is 5.99. The summed E-state index contributed by atoms with van der Waals surface area (Å²) < 4.78 is 27.1. The second kappa shape index (κ2) is 13.3. The minimum absolute atomic E-state index is 0.154. The third kappa shape index (κ3) is 6.33. The average molecular weight is 589 g/mol. The van der Waals surface area contributed by atoms with Crippen LogP contribution in [0.5, 0.6) is 5.75 Å². The van der Waals surface area contributed by atoms with E-state index < -0.39 is 0 Å². The van der Waals surface area contributed by atoms with E-state index in [0.29, 0.717) is 36.8 Å². The maximum atomic E-state index is 14.3. The summed E-state index contributed by atoms with van der Waals surface area (Å²) in [5.41, 5.74) is 5.94. The molecule has 0 spiro atoms. The minimum atomic E-state index is -0.381. The minimum Gasteiger partial charge on any atom is -0.490 e. The molecule has 2 aromatic heterocycles. The number of carbonyl (C=O) groups is 1. The topological polar surface area (TPSA) is 76.6 Å². The molecule has 7 nitrogen and oxygen atoms in total. The van der Waals surface area contributed by atoms with Crippen LogP contribution < -0.4 is 10.1 Å².